The number of rotatable bonds is 5. The van der Waals surface area contributed by atoms with Crippen molar-refractivity contribution in [2.45, 2.75) is 32.4 Å². The van der Waals surface area contributed by atoms with E-state index in [1.165, 1.54) is 11.1 Å². The summed E-state index contributed by atoms with van der Waals surface area (Å²) in [6.45, 7) is 5.06. The lowest BCUT2D eigenvalue weighted by Gasteiger charge is -2.13. The zero-order chi connectivity index (χ0) is 16.2. The molecule has 1 heterocycles. The topological polar surface area (TPSA) is 59.3 Å². The van der Waals surface area contributed by atoms with E-state index in [1.54, 1.807) is 0 Å². The Morgan fingerprint density at radius 2 is 1.74 bits per heavy atom. The van der Waals surface area contributed by atoms with Crippen molar-refractivity contribution in [1.29, 1.82) is 0 Å². The van der Waals surface area contributed by atoms with E-state index >= 15 is 0 Å². The molecule has 0 amide bonds. The van der Waals surface area contributed by atoms with Gasteiger partial charge >= 0.3 is 0 Å². The van der Waals surface area contributed by atoms with E-state index in [1.807, 2.05) is 18.2 Å². The normalized spacial score (nSPS) is 20.8. The predicted molar refractivity (Wildman–Crippen MR) is 94.0 cm³/mol. The second kappa shape index (κ2) is 7.02. The lowest BCUT2D eigenvalue weighted by Crippen LogP contribution is -2.26. The number of nitrogens with one attached hydrogen (secondary N) is 2. The Morgan fingerprint density at radius 3 is 2.43 bits per heavy atom. The van der Waals surface area contributed by atoms with Gasteiger partial charge < -0.3 is 10.5 Å². The Bertz CT molecular complexity index is 639. The van der Waals surface area contributed by atoms with Crippen LogP contribution in [0.1, 0.15) is 43.5 Å². The van der Waals surface area contributed by atoms with E-state index in [0.29, 0.717) is 12.0 Å². The molecule has 0 saturated carbocycles. The first-order valence-corrected chi connectivity index (χ1v) is 8.21. The van der Waals surface area contributed by atoms with Gasteiger partial charge in [0.15, 0.2) is 0 Å². The molecule has 0 spiro atoms. The maximum atomic E-state index is 5.83. The van der Waals surface area contributed by atoms with Crippen LogP contribution in [0.2, 0.25) is 0 Å². The van der Waals surface area contributed by atoms with Gasteiger partial charge in [-0.1, -0.05) is 38.1 Å². The first-order chi connectivity index (χ1) is 11.1. The van der Waals surface area contributed by atoms with Crippen LogP contribution in [0.15, 0.2) is 48.5 Å². The third-order valence-electron chi connectivity index (χ3n) is 4.09. The summed E-state index contributed by atoms with van der Waals surface area (Å²) in [6, 6.07) is 17.0. The minimum Gasteiger partial charge on any atom is -0.493 e. The van der Waals surface area contributed by atoms with Crippen molar-refractivity contribution >= 4 is 5.69 Å². The molecule has 3 rings (SSSR count). The van der Waals surface area contributed by atoms with Crippen molar-refractivity contribution in [3.8, 4) is 5.75 Å². The highest BCUT2D eigenvalue weighted by Crippen LogP contribution is 2.32. The molecule has 2 unspecified atom stereocenters. The fourth-order valence-electron chi connectivity index (χ4n) is 2.81. The Balaban J connectivity index is 1.66. The van der Waals surface area contributed by atoms with Crippen LogP contribution in [0.3, 0.4) is 0 Å². The number of anilines is 1. The average Bonchev–Trinajstić information content (AvgIpc) is 3.04. The molecule has 1 aliphatic rings. The van der Waals surface area contributed by atoms with Gasteiger partial charge in [0.2, 0.25) is 0 Å². The standard InChI is InChI=1S/C19H25N3O/c1-13(2)12-23-17-5-3-4-15(10-17)19-11-18(21-22-19)14-6-8-16(20)9-7-14/h3-10,13,18-19,21-22H,11-12,20H2,1-2H3. The molecule has 23 heavy (non-hydrogen) atoms. The van der Waals surface area contributed by atoms with Crippen molar-refractivity contribution in [2.24, 2.45) is 5.92 Å². The van der Waals surface area contributed by atoms with Crippen LogP contribution >= 0.6 is 0 Å². The Hall–Kier alpha value is -2.04. The molecule has 4 N–H and O–H groups in total. The monoisotopic (exact) mass is 311 g/mol. The zero-order valence-electron chi connectivity index (χ0n) is 13.8. The van der Waals surface area contributed by atoms with Gasteiger partial charge in [0.05, 0.1) is 6.61 Å². The molecule has 1 aliphatic heterocycles. The van der Waals surface area contributed by atoms with Gasteiger partial charge in [-0.3, -0.25) is 0 Å². The van der Waals surface area contributed by atoms with Crippen LogP contribution in [0, 0.1) is 5.92 Å². The smallest absolute Gasteiger partial charge is 0.119 e. The summed E-state index contributed by atoms with van der Waals surface area (Å²) in [4.78, 5) is 0. The fourth-order valence-corrected chi connectivity index (χ4v) is 2.81. The fraction of sp³-hybridized carbons (Fsp3) is 0.368. The van der Waals surface area contributed by atoms with Crippen molar-refractivity contribution in [3.05, 3.63) is 59.7 Å². The summed E-state index contributed by atoms with van der Waals surface area (Å²) >= 11 is 0. The number of nitrogen functional groups attached to an aromatic ring is 1. The number of hydrogen-bond acceptors (Lipinski definition) is 4. The van der Waals surface area contributed by atoms with Crippen molar-refractivity contribution in [3.63, 3.8) is 0 Å². The summed E-state index contributed by atoms with van der Waals surface area (Å²) in [7, 11) is 0. The van der Waals surface area contributed by atoms with Gasteiger partial charge in [-0.15, -0.1) is 0 Å². The van der Waals surface area contributed by atoms with E-state index in [-0.39, 0.29) is 6.04 Å². The van der Waals surface area contributed by atoms with E-state index in [4.69, 9.17) is 10.5 Å². The van der Waals surface area contributed by atoms with Gasteiger partial charge in [0.1, 0.15) is 5.75 Å². The minimum absolute atomic E-state index is 0.278. The molecule has 2 aromatic rings. The average molecular weight is 311 g/mol. The number of ether oxygens (including phenoxy) is 1. The largest absolute Gasteiger partial charge is 0.493 e. The lowest BCUT2D eigenvalue weighted by molar-refractivity contribution is 0.270. The first kappa shape index (κ1) is 15.8. The van der Waals surface area contributed by atoms with E-state index in [0.717, 1.165) is 24.5 Å². The van der Waals surface area contributed by atoms with Crippen LogP contribution in [-0.2, 0) is 0 Å². The van der Waals surface area contributed by atoms with Crippen LogP contribution < -0.4 is 21.3 Å². The first-order valence-electron chi connectivity index (χ1n) is 8.21. The van der Waals surface area contributed by atoms with Crippen LogP contribution in [0.25, 0.3) is 0 Å². The molecule has 1 saturated heterocycles. The highest BCUT2D eigenvalue weighted by molar-refractivity contribution is 5.40. The summed E-state index contributed by atoms with van der Waals surface area (Å²) in [5, 5.41) is 0. The van der Waals surface area contributed by atoms with Gasteiger partial charge in [-0.25, -0.2) is 10.9 Å². The van der Waals surface area contributed by atoms with Gasteiger partial charge in [0.25, 0.3) is 0 Å². The number of nitrogens with two attached hydrogens (primary N) is 1. The summed E-state index contributed by atoms with van der Waals surface area (Å²) < 4.78 is 5.83. The maximum Gasteiger partial charge on any atom is 0.119 e. The van der Waals surface area contributed by atoms with E-state index < -0.39 is 0 Å². The number of benzene rings is 2. The molecule has 2 aromatic carbocycles. The second-order valence-corrected chi connectivity index (χ2v) is 6.57. The van der Waals surface area contributed by atoms with Crippen molar-refractivity contribution in [1.82, 2.24) is 10.9 Å². The van der Waals surface area contributed by atoms with Crippen LogP contribution in [0.5, 0.6) is 5.75 Å². The van der Waals surface area contributed by atoms with Crippen molar-refractivity contribution < 1.29 is 4.74 Å². The summed E-state index contributed by atoms with van der Waals surface area (Å²) in [5.74, 6) is 1.47. The zero-order valence-corrected chi connectivity index (χ0v) is 13.8. The molecule has 0 aromatic heterocycles. The molecule has 0 aliphatic carbocycles. The molecule has 2 atom stereocenters. The minimum atomic E-state index is 0.278. The molecule has 0 radical (unpaired) electrons. The molecule has 1 fully saturated rings. The quantitative estimate of drug-likeness (QED) is 0.739. The second-order valence-electron chi connectivity index (χ2n) is 6.57. The summed E-state index contributed by atoms with van der Waals surface area (Å²) in [6.07, 6.45) is 0.998. The SMILES string of the molecule is CC(C)COc1cccc(C2CC(c3ccc(N)cc3)NN2)c1. The molecular weight excluding hydrogens is 286 g/mol. The molecule has 122 valence electrons. The van der Waals surface area contributed by atoms with E-state index in [2.05, 4.69) is 55.0 Å². The third kappa shape index (κ3) is 4.03. The van der Waals surface area contributed by atoms with Crippen LogP contribution in [0.4, 0.5) is 5.69 Å². The molecule has 4 heteroatoms. The number of hydrazine groups is 1. The Morgan fingerprint density at radius 1 is 1.04 bits per heavy atom. The molecule has 4 nitrogen and oxygen atoms in total. The predicted octanol–water partition coefficient (Wildman–Crippen LogP) is 3.58. The molecular formula is C19H25N3O. The number of hydrogen-bond donors (Lipinski definition) is 3. The third-order valence-corrected chi connectivity index (χ3v) is 4.09. The van der Waals surface area contributed by atoms with Gasteiger partial charge in [-0.05, 0) is 47.7 Å². The van der Waals surface area contributed by atoms with Crippen LogP contribution in [-0.4, -0.2) is 6.61 Å². The Kier molecular flexibility index (Phi) is 4.84. The molecule has 0 bridgehead atoms. The van der Waals surface area contributed by atoms with Gasteiger partial charge in [-0.2, -0.15) is 0 Å². The lowest BCUT2D eigenvalue weighted by atomic mass is 9.97. The maximum absolute atomic E-state index is 5.83. The Labute approximate surface area is 138 Å². The summed E-state index contributed by atoms with van der Waals surface area (Å²) in [5.41, 5.74) is 15.8. The van der Waals surface area contributed by atoms with Gasteiger partial charge in [0, 0.05) is 17.8 Å². The highest BCUT2D eigenvalue weighted by Gasteiger charge is 2.26. The highest BCUT2D eigenvalue weighted by atomic mass is 16.5. The van der Waals surface area contributed by atoms with Crippen molar-refractivity contribution in [2.75, 3.05) is 12.3 Å². The van der Waals surface area contributed by atoms with E-state index in [9.17, 15) is 0 Å².